The first-order chi connectivity index (χ1) is 10.8. The molecule has 3 rings (SSSR count). The third kappa shape index (κ3) is 2.93. The average molecular weight is 339 g/mol. The van der Waals surface area contributed by atoms with Gasteiger partial charge in [-0.25, -0.2) is 14.6 Å². The maximum Gasteiger partial charge on any atom is 0.412 e. The third-order valence-electron chi connectivity index (χ3n) is 3.70. The first-order valence-corrected chi connectivity index (χ1v) is 7.87. The van der Waals surface area contributed by atoms with Gasteiger partial charge in [0.1, 0.15) is 17.6 Å². The minimum Gasteiger partial charge on any atom is -0.444 e. The van der Waals surface area contributed by atoms with Gasteiger partial charge in [0, 0.05) is 19.3 Å². The standard InChI is InChI=1S/C15H19ClN4O3/c1-15(2,3)23-14(22)20-8-4-7-19-12(20)10-9(16)5-6-17-11(10)18-13(19)21/h5-6,12H,4,7-8H2,1-3H3,(H,17,18,21). The van der Waals surface area contributed by atoms with Gasteiger partial charge in [0.25, 0.3) is 0 Å². The highest BCUT2D eigenvalue weighted by atomic mass is 35.5. The molecule has 1 atom stereocenters. The highest BCUT2D eigenvalue weighted by molar-refractivity contribution is 6.32. The molecule has 1 fully saturated rings. The molecular formula is C15H19ClN4O3. The summed E-state index contributed by atoms with van der Waals surface area (Å²) in [4.78, 5) is 32.2. The fraction of sp³-hybridized carbons (Fsp3) is 0.533. The number of fused-ring (bicyclic) bond motifs is 3. The summed E-state index contributed by atoms with van der Waals surface area (Å²) in [6.07, 6.45) is 1.14. The van der Waals surface area contributed by atoms with E-state index in [4.69, 9.17) is 16.3 Å². The Morgan fingerprint density at radius 3 is 2.87 bits per heavy atom. The van der Waals surface area contributed by atoms with Crippen LogP contribution in [0, 0.1) is 0 Å². The number of aromatic nitrogens is 1. The lowest BCUT2D eigenvalue weighted by atomic mass is 10.1. The van der Waals surface area contributed by atoms with Crippen LogP contribution in [-0.2, 0) is 4.74 Å². The molecule has 0 radical (unpaired) electrons. The van der Waals surface area contributed by atoms with E-state index in [1.165, 1.54) is 6.20 Å². The van der Waals surface area contributed by atoms with Gasteiger partial charge >= 0.3 is 12.1 Å². The summed E-state index contributed by atoms with van der Waals surface area (Å²) in [7, 11) is 0. The van der Waals surface area contributed by atoms with Gasteiger partial charge in [-0.15, -0.1) is 0 Å². The molecule has 2 aliphatic rings. The molecule has 0 bridgehead atoms. The zero-order valence-corrected chi connectivity index (χ0v) is 14.1. The average Bonchev–Trinajstić information content (AvgIpc) is 2.45. The second-order valence-electron chi connectivity index (χ2n) is 6.58. The molecule has 23 heavy (non-hydrogen) atoms. The third-order valence-corrected chi connectivity index (χ3v) is 4.03. The normalized spacial score (nSPS) is 20.5. The lowest BCUT2D eigenvalue weighted by molar-refractivity contribution is -0.0179. The highest BCUT2D eigenvalue weighted by Gasteiger charge is 2.43. The molecular weight excluding hydrogens is 320 g/mol. The maximum absolute atomic E-state index is 12.6. The smallest absolute Gasteiger partial charge is 0.412 e. The van der Waals surface area contributed by atoms with Crippen LogP contribution in [0.4, 0.5) is 15.4 Å². The lowest BCUT2D eigenvalue weighted by Crippen LogP contribution is -2.56. The molecule has 7 nitrogen and oxygen atoms in total. The van der Waals surface area contributed by atoms with Crippen molar-refractivity contribution in [1.29, 1.82) is 0 Å². The van der Waals surface area contributed by atoms with Crippen molar-refractivity contribution in [2.45, 2.75) is 39.0 Å². The van der Waals surface area contributed by atoms with Gasteiger partial charge in [0.15, 0.2) is 0 Å². The molecule has 1 unspecified atom stereocenters. The van der Waals surface area contributed by atoms with E-state index in [1.54, 1.807) is 15.9 Å². The van der Waals surface area contributed by atoms with Gasteiger partial charge in [0.05, 0.1) is 10.6 Å². The molecule has 0 saturated carbocycles. The van der Waals surface area contributed by atoms with E-state index in [-0.39, 0.29) is 6.03 Å². The van der Waals surface area contributed by atoms with Gasteiger partial charge in [-0.2, -0.15) is 0 Å². The number of halogens is 1. The van der Waals surface area contributed by atoms with Crippen molar-refractivity contribution in [1.82, 2.24) is 14.8 Å². The number of ether oxygens (including phenoxy) is 1. The molecule has 1 N–H and O–H groups in total. The minimum absolute atomic E-state index is 0.287. The van der Waals surface area contributed by atoms with Crippen LogP contribution in [0.15, 0.2) is 12.3 Å². The number of pyridine rings is 1. The summed E-state index contributed by atoms with van der Waals surface area (Å²) in [5.74, 6) is 0.388. The van der Waals surface area contributed by atoms with E-state index in [2.05, 4.69) is 10.3 Å². The quantitative estimate of drug-likeness (QED) is 0.788. The van der Waals surface area contributed by atoms with E-state index < -0.39 is 17.9 Å². The first kappa shape index (κ1) is 15.9. The number of carbonyl (C=O) groups excluding carboxylic acids is 2. The molecule has 0 aliphatic carbocycles. The zero-order chi connectivity index (χ0) is 16.8. The molecule has 1 aromatic rings. The molecule has 3 amide bonds. The number of hydrogen-bond acceptors (Lipinski definition) is 4. The van der Waals surface area contributed by atoms with Gasteiger partial charge in [-0.3, -0.25) is 15.1 Å². The van der Waals surface area contributed by atoms with Gasteiger partial charge in [0.2, 0.25) is 0 Å². The van der Waals surface area contributed by atoms with Gasteiger partial charge in [-0.05, 0) is 33.3 Å². The van der Waals surface area contributed by atoms with Crippen LogP contribution in [0.25, 0.3) is 0 Å². The Bertz CT molecular complexity index is 659. The van der Waals surface area contributed by atoms with Gasteiger partial charge < -0.3 is 4.74 Å². The Morgan fingerprint density at radius 1 is 1.43 bits per heavy atom. The van der Waals surface area contributed by atoms with Crippen LogP contribution in [0.3, 0.4) is 0 Å². The van der Waals surface area contributed by atoms with Crippen molar-refractivity contribution in [2.24, 2.45) is 0 Å². The van der Waals surface area contributed by atoms with Crippen LogP contribution in [0.5, 0.6) is 0 Å². The molecule has 1 aromatic heterocycles. The number of rotatable bonds is 0. The minimum atomic E-state index is -0.613. The predicted molar refractivity (Wildman–Crippen MR) is 85.3 cm³/mol. The van der Waals surface area contributed by atoms with E-state index >= 15 is 0 Å². The number of urea groups is 1. The summed E-state index contributed by atoms with van der Waals surface area (Å²) in [5.41, 5.74) is 0.0111. The summed E-state index contributed by atoms with van der Waals surface area (Å²) >= 11 is 6.32. The molecule has 8 heteroatoms. The van der Waals surface area contributed by atoms with Crippen LogP contribution >= 0.6 is 11.6 Å². The van der Waals surface area contributed by atoms with Crippen molar-refractivity contribution in [2.75, 3.05) is 18.4 Å². The van der Waals surface area contributed by atoms with Crippen molar-refractivity contribution >= 4 is 29.5 Å². The highest BCUT2D eigenvalue weighted by Crippen LogP contribution is 2.40. The van der Waals surface area contributed by atoms with Crippen molar-refractivity contribution in [3.63, 3.8) is 0 Å². The second kappa shape index (κ2) is 5.56. The number of amides is 3. The molecule has 3 heterocycles. The molecule has 124 valence electrons. The van der Waals surface area contributed by atoms with E-state index in [9.17, 15) is 9.59 Å². The van der Waals surface area contributed by atoms with Crippen molar-refractivity contribution < 1.29 is 14.3 Å². The van der Waals surface area contributed by atoms with E-state index in [0.29, 0.717) is 35.9 Å². The number of anilines is 1. The number of hydrogen-bond donors (Lipinski definition) is 1. The summed E-state index contributed by atoms with van der Waals surface area (Å²) in [5, 5.41) is 3.18. The lowest BCUT2D eigenvalue weighted by Gasteiger charge is -2.46. The van der Waals surface area contributed by atoms with E-state index in [1.807, 2.05) is 20.8 Å². The maximum atomic E-state index is 12.6. The molecule has 0 aromatic carbocycles. The first-order valence-electron chi connectivity index (χ1n) is 7.49. The summed E-state index contributed by atoms with van der Waals surface area (Å²) in [6, 6.07) is 1.36. The fourth-order valence-corrected chi connectivity index (χ4v) is 3.07. The Morgan fingerprint density at radius 2 is 2.17 bits per heavy atom. The number of nitrogens with one attached hydrogen (secondary N) is 1. The second-order valence-corrected chi connectivity index (χ2v) is 6.99. The molecule has 2 aliphatic heterocycles. The Labute approximate surface area is 139 Å². The van der Waals surface area contributed by atoms with Crippen LogP contribution < -0.4 is 5.32 Å². The van der Waals surface area contributed by atoms with Crippen molar-refractivity contribution in [3.05, 3.63) is 22.8 Å². The largest absolute Gasteiger partial charge is 0.444 e. The molecule has 1 saturated heterocycles. The monoisotopic (exact) mass is 338 g/mol. The van der Waals surface area contributed by atoms with Crippen LogP contribution in [0.2, 0.25) is 5.02 Å². The van der Waals surface area contributed by atoms with Crippen LogP contribution in [0.1, 0.15) is 38.9 Å². The molecule has 0 spiro atoms. The topological polar surface area (TPSA) is 74.8 Å². The summed E-state index contributed by atoms with van der Waals surface area (Å²) in [6.45, 7) is 6.46. The van der Waals surface area contributed by atoms with Crippen LogP contribution in [-0.4, -0.2) is 45.6 Å². The number of carbonyl (C=O) groups is 2. The van der Waals surface area contributed by atoms with Gasteiger partial charge in [-0.1, -0.05) is 11.6 Å². The number of nitrogens with zero attached hydrogens (tertiary/aromatic N) is 3. The van der Waals surface area contributed by atoms with E-state index in [0.717, 1.165) is 0 Å². The fourth-order valence-electron chi connectivity index (χ4n) is 2.83. The predicted octanol–water partition coefficient (Wildman–Crippen LogP) is 3.22. The van der Waals surface area contributed by atoms with Crippen molar-refractivity contribution in [3.8, 4) is 0 Å². The Kier molecular flexibility index (Phi) is 3.83. The Balaban J connectivity index is 2.02. The zero-order valence-electron chi connectivity index (χ0n) is 13.3. The summed E-state index contributed by atoms with van der Waals surface area (Å²) < 4.78 is 5.48. The SMILES string of the molecule is CC(C)(C)OC(=O)N1CCCN2C(=O)Nc3nccc(Cl)c3C21. The Hall–Kier alpha value is -2.02.